The van der Waals surface area contributed by atoms with Gasteiger partial charge in [0.1, 0.15) is 0 Å². The summed E-state index contributed by atoms with van der Waals surface area (Å²) < 4.78 is 28.5. The molecule has 0 aromatic rings. The first-order chi connectivity index (χ1) is 12.2. The molecule has 0 unspecified atom stereocenters. The van der Waals surface area contributed by atoms with Crippen molar-refractivity contribution < 1.29 is 15.4 Å². The maximum atomic E-state index is 11.6. The van der Waals surface area contributed by atoms with E-state index >= 15 is 0 Å². The van der Waals surface area contributed by atoms with Crippen LogP contribution >= 0.6 is 0 Å². The molecule has 0 atom stereocenters. The lowest BCUT2D eigenvalue weighted by molar-refractivity contribution is -0.121. The van der Waals surface area contributed by atoms with Gasteiger partial charge in [0.2, 0.25) is 5.91 Å². The van der Waals surface area contributed by atoms with Crippen LogP contribution < -0.4 is 5.32 Å². The third kappa shape index (κ3) is 17.2. The third-order valence-corrected chi connectivity index (χ3v) is 3.67. The van der Waals surface area contributed by atoms with E-state index in [4.69, 9.17) is 10.6 Å². The van der Waals surface area contributed by atoms with Crippen LogP contribution in [0.2, 0.25) is 0 Å². The lowest BCUT2D eigenvalue weighted by atomic mass is 10.1. The molecule has 0 aliphatic heterocycles. The van der Waals surface area contributed by atoms with Crippen LogP contribution in [0.1, 0.15) is 95.9 Å². The van der Waals surface area contributed by atoms with Crippen LogP contribution in [0.4, 0.5) is 0 Å². The van der Waals surface area contributed by atoms with Gasteiger partial charge in [-0.05, 0) is 32.1 Å². The number of allylic oxidation sites excluding steroid dienone is 2. The second-order valence-electron chi connectivity index (χ2n) is 5.77. The molecule has 22 heavy (non-hydrogen) atoms. The van der Waals surface area contributed by atoms with Crippen LogP contribution in [0.3, 0.4) is 0 Å². The predicted octanol–water partition coefficient (Wildman–Crippen LogP) is 4.74. The number of aliphatic hydroxyl groups is 1. The van der Waals surface area contributed by atoms with Crippen LogP contribution in [-0.4, -0.2) is 24.1 Å². The summed E-state index contributed by atoms with van der Waals surface area (Å²) in [5.74, 6) is -0.577. The van der Waals surface area contributed by atoms with Gasteiger partial charge in [-0.15, -0.1) is 0 Å². The fourth-order valence-corrected chi connectivity index (χ4v) is 2.34. The van der Waals surface area contributed by atoms with Gasteiger partial charge in [-0.25, -0.2) is 0 Å². The summed E-state index contributed by atoms with van der Waals surface area (Å²) in [6.45, 7) is -3.63. The maximum absolute atomic E-state index is 11.6. The van der Waals surface area contributed by atoms with Crippen molar-refractivity contribution >= 4 is 5.91 Å². The normalized spacial score (nSPS) is 15.2. The van der Waals surface area contributed by atoms with Crippen molar-refractivity contribution in [3.63, 3.8) is 0 Å². The number of carbonyl (C=O) groups excluding carboxylic acids is 1. The number of rotatable bonds is 16. The topological polar surface area (TPSA) is 49.3 Å². The Bertz CT molecular complexity index is 395. The fourth-order valence-electron chi connectivity index (χ4n) is 2.34. The van der Waals surface area contributed by atoms with E-state index in [0.29, 0.717) is 6.42 Å². The van der Waals surface area contributed by atoms with Gasteiger partial charge in [-0.1, -0.05) is 64.0 Å². The summed E-state index contributed by atoms with van der Waals surface area (Å²) in [5, 5.41) is 10.9. The third-order valence-electron chi connectivity index (χ3n) is 3.67. The van der Waals surface area contributed by atoms with Gasteiger partial charge in [0.05, 0.1) is 12.0 Å². The molecule has 0 rings (SSSR count). The molecule has 2 N–H and O–H groups in total. The van der Waals surface area contributed by atoms with Gasteiger partial charge in [0.25, 0.3) is 0 Å². The number of unbranched alkanes of at least 4 members (excludes halogenated alkanes) is 10. The summed E-state index contributed by atoms with van der Waals surface area (Å²) in [6, 6.07) is 0. The molecule has 0 radical (unpaired) electrons. The summed E-state index contributed by atoms with van der Waals surface area (Å²) in [6.07, 6.45) is 18.4. The Hall–Kier alpha value is -0.830. The molecule has 3 nitrogen and oxygen atoms in total. The van der Waals surface area contributed by atoms with Crippen molar-refractivity contribution in [2.24, 2.45) is 0 Å². The Morgan fingerprint density at radius 3 is 2.09 bits per heavy atom. The number of hydrogen-bond acceptors (Lipinski definition) is 2. The van der Waals surface area contributed by atoms with Gasteiger partial charge in [-0.2, -0.15) is 0 Å². The number of nitrogens with one attached hydrogen (secondary N) is 1. The highest BCUT2D eigenvalue weighted by atomic mass is 16.3. The Balaban J connectivity index is 3.51. The summed E-state index contributed by atoms with van der Waals surface area (Å²) in [7, 11) is 0. The molecule has 0 aromatic heterocycles. The fraction of sp³-hybridized carbons (Fsp3) is 0.842. The van der Waals surface area contributed by atoms with E-state index in [9.17, 15) is 4.79 Å². The van der Waals surface area contributed by atoms with Crippen molar-refractivity contribution in [1.29, 1.82) is 0 Å². The maximum Gasteiger partial charge on any atom is 0.220 e. The molecule has 0 heterocycles. The lowest BCUT2D eigenvalue weighted by Gasteiger charge is -2.02. The van der Waals surface area contributed by atoms with E-state index < -0.39 is 19.0 Å². The van der Waals surface area contributed by atoms with Gasteiger partial charge >= 0.3 is 0 Å². The average molecular weight is 316 g/mol. The van der Waals surface area contributed by atoms with E-state index in [0.717, 1.165) is 32.1 Å². The minimum atomic E-state index is -3.09. The van der Waals surface area contributed by atoms with Crippen molar-refractivity contribution in [1.82, 2.24) is 5.32 Å². The van der Waals surface area contributed by atoms with Crippen molar-refractivity contribution in [2.45, 2.75) is 90.4 Å². The zero-order valence-corrected chi connectivity index (χ0v) is 14.2. The van der Waals surface area contributed by atoms with Crippen LogP contribution in [0.25, 0.3) is 0 Å². The van der Waals surface area contributed by atoms with Crippen molar-refractivity contribution in [3.05, 3.63) is 12.2 Å². The lowest BCUT2D eigenvalue weighted by Crippen LogP contribution is -2.25. The molecule has 0 aromatic carbocycles. The van der Waals surface area contributed by atoms with Crippen molar-refractivity contribution in [3.8, 4) is 0 Å². The SMILES string of the molecule is [2H]C([2H])(O)C([2H])([2H])NC(=O)CCCCCCC=CCCCCCCCC. The highest BCUT2D eigenvalue weighted by Gasteiger charge is 1.99. The first-order valence-corrected chi connectivity index (χ1v) is 8.89. The molecule has 130 valence electrons. The Kier molecular flexibility index (Phi) is 12.2. The van der Waals surface area contributed by atoms with Crippen LogP contribution in [0.15, 0.2) is 12.2 Å². The molecular weight excluding hydrogens is 274 g/mol. The van der Waals surface area contributed by atoms with E-state index in [1.807, 2.05) is 5.32 Å². The van der Waals surface area contributed by atoms with Crippen LogP contribution in [0.5, 0.6) is 0 Å². The van der Waals surface area contributed by atoms with E-state index in [-0.39, 0.29) is 6.42 Å². The highest BCUT2D eigenvalue weighted by Crippen LogP contribution is 2.09. The molecule has 0 aliphatic carbocycles. The molecular formula is C19H37NO2. The second-order valence-corrected chi connectivity index (χ2v) is 5.77. The first-order valence-electron chi connectivity index (χ1n) is 10.9. The monoisotopic (exact) mass is 315 g/mol. The predicted molar refractivity (Wildman–Crippen MR) is 94.9 cm³/mol. The van der Waals surface area contributed by atoms with Crippen molar-refractivity contribution in [2.75, 3.05) is 13.1 Å². The van der Waals surface area contributed by atoms with Crippen LogP contribution in [0, 0.1) is 0 Å². The number of hydrogen-bond donors (Lipinski definition) is 2. The minimum Gasteiger partial charge on any atom is -0.395 e. The van der Waals surface area contributed by atoms with Gasteiger partial charge in [0, 0.05) is 12.9 Å². The summed E-state index contributed by atoms with van der Waals surface area (Å²) in [4.78, 5) is 11.6. The van der Waals surface area contributed by atoms with E-state index in [1.54, 1.807) is 0 Å². The molecule has 3 heteroatoms. The second kappa shape index (κ2) is 18.2. The summed E-state index contributed by atoms with van der Waals surface area (Å²) in [5.41, 5.74) is 0. The smallest absolute Gasteiger partial charge is 0.220 e. The summed E-state index contributed by atoms with van der Waals surface area (Å²) >= 11 is 0. The zero-order valence-electron chi connectivity index (χ0n) is 18.2. The minimum absolute atomic E-state index is 0.142. The standard InChI is InChI=1S/C19H37NO2/c1-2-3-4-5-6-7-8-9-10-11-12-13-14-15-16-19(22)20-17-18-21/h9-10,21H,2-8,11-18H2,1H3,(H,20,22)/i17D2,18D2. The first kappa shape index (κ1) is 14.7. The highest BCUT2D eigenvalue weighted by molar-refractivity contribution is 5.75. The average Bonchev–Trinajstić information content (AvgIpc) is 2.53. The molecule has 0 saturated carbocycles. The molecule has 0 saturated heterocycles. The van der Waals surface area contributed by atoms with Gasteiger partial charge in [-0.3, -0.25) is 4.79 Å². The van der Waals surface area contributed by atoms with E-state index in [1.165, 1.54) is 38.5 Å². The number of amides is 1. The largest absolute Gasteiger partial charge is 0.395 e. The quantitative estimate of drug-likeness (QED) is 0.319. The molecule has 1 amide bonds. The molecule has 0 fully saturated rings. The Labute approximate surface area is 143 Å². The van der Waals surface area contributed by atoms with Gasteiger partial charge in [0.15, 0.2) is 0 Å². The zero-order chi connectivity index (χ0) is 19.9. The molecule has 0 spiro atoms. The number of carbonyl (C=O) groups is 1. The van der Waals surface area contributed by atoms with Gasteiger partial charge < -0.3 is 10.4 Å². The molecule has 0 bridgehead atoms. The molecule has 0 aliphatic rings. The Morgan fingerprint density at radius 2 is 1.50 bits per heavy atom. The Morgan fingerprint density at radius 1 is 0.955 bits per heavy atom. The van der Waals surface area contributed by atoms with Crippen LogP contribution in [-0.2, 0) is 4.79 Å². The van der Waals surface area contributed by atoms with E-state index in [2.05, 4.69) is 19.1 Å².